The molecule has 1 unspecified atom stereocenters. The van der Waals surface area contributed by atoms with E-state index in [2.05, 4.69) is 16.9 Å². The molecule has 0 aromatic heterocycles. The fraction of sp³-hybridized carbons (Fsp3) is 0.750. The first-order chi connectivity index (χ1) is 9.42. The number of nitrogens with one attached hydrogen (secondary N) is 2. The number of urea groups is 1. The van der Waals surface area contributed by atoms with Gasteiger partial charge in [0.2, 0.25) is 5.91 Å². The van der Waals surface area contributed by atoms with Crippen molar-refractivity contribution in [1.29, 1.82) is 0 Å². The zero-order valence-corrected chi connectivity index (χ0v) is 12.2. The molecule has 0 radical (unpaired) electrons. The monoisotopic (exact) mass is 303 g/mol. The molecule has 8 heteroatoms. The molecule has 0 saturated heterocycles. The van der Waals surface area contributed by atoms with Gasteiger partial charge in [0.05, 0.1) is 6.42 Å². The molecule has 0 aliphatic heterocycles. The summed E-state index contributed by atoms with van der Waals surface area (Å²) in [5.74, 6) is -2.04. The SMILES string of the molecule is CSC1CCC(NC(=O)NC(CC(N)=O)C(=O)O)CC1. The first-order valence-corrected chi connectivity index (χ1v) is 7.82. The van der Waals surface area contributed by atoms with Crippen molar-refractivity contribution in [3.63, 3.8) is 0 Å². The number of amides is 3. The van der Waals surface area contributed by atoms with Gasteiger partial charge in [0.15, 0.2) is 0 Å². The highest BCUT2D eigenvalue weighted by molar-refractivity contribution is 7.99. The van der Waals surface area contributed by atoms with E-state index in [4.69, 9.17) is 10.8 Å². The quantitative estimate of drug-likeness (QED) is 0.562. The Morgan fingerprint density at radius 2 is 1.90 bits per heavy atom. The maximum atomic E-state index is 11.7. The van der Waals surface area contributed by atoms with Gasteiger partial charge >= 0.3 is 12.0 Å². The van der Waals surface area contributed by atoms with Crippen LogP contribution in [0.15, 0.2) is 0 Å². The summed E-state index contributed by atoms with van der Waals surface area (Å²) >= 11 is 1.83. The summed E-state index contributed by atoms with van der Waals surface area (Å²) in [5.41, 5.74) is 4.95. The van der Waals surface area contributed by atoms with Crippen molar-refractivity contribution >= 4 is 29.7 Å². The second-order valence-electron chi connectivity index (χ2n) is 4.89. The van der Waals surface area contributed by atoms with Crippen LogP contribution in [0.25, 0.3) is 0 Å². The van der Waals surface area contributed by atoms with Crippen LogP contribution >= 0.6 is 11.8 Å². The van der Waals surface area contributed by atoms with Crippen LogP contribution in [0, 0.1) is 0 Å². The number of hydrogen-bond donors (Lipinski definition) is 4. The highest BCUT2D eigenvalue weighted by Crippen LogP contribution is 2.26. The van der Waals surface area contributed by atoms with Crippen LogP contribution < -0.4 is 16.4 Å². The van der Waals surface area contributed by atoms with E-state index in [1.807, 2.05) is 11.8 Å². The van der Waals surface area contributed by atoms with Crippen molar-refractivity contribution in [3.05, 3.63) is 0 Å². The van der Waals surface area contributed by atoms with E-state index in [9.17, 15) is 14.4 Å². The van der Waals surface area contributed by atoms with Gasteiger partial charge in [-0.25, -0.2) is 9.59 Å². The summed E-state index contributed by atoms with van der Waals surface area (Å²) < 4.78 is 0. The lowest BCUT2D eigenvalue weighted by Gasteiger charge is -2.28. The average molecular weight is 303 g/mol. The zero-order chi connectivity index (χ0) is 15.1. The van der Waals surface area contributed by atoms with Crippen LogP contribution in [0.4, 0.5) is 4.79 Å². The lowest BCUT2D eigenvalue weighted by Crippen LogP contribution is -2.50. The number of hydrogen-bond acceptors (Lipinski definition) is 4. The fourth-order valence-electron chi connectivity index (χ4n) is 2.23. The van der Waals surface area contributed by atoms with E-state index in [1.165, 1.54) is 0 Å². The summed E-state index contributed by atoms with van der Waals surface area (Å²) in [5, 5.41) is 14.5. The lowest BCUT2D eigenvalue weighted by atomic mass is 9.95. The van der Waals surface area contributed by atoms with Gasteiger partial charge in [-0.05, 0) is 31.9 Å². The van der Waals surface area contributed by atoms with Crippen molar-refractivity contribution in [2.75, 3.05) is 6.26 Å². The Labute approximate surface area is 122 Å². The Balaban J connectivity index is 2.38. The molecule has 7 nitrogen and oxygen atoms in total. The van der Waals surface area contributed by atoms with Gasteiger partial charge in [-0.2, -0.15) is 11.8 Å². The Morgan fingerprint density at radius 1 is 1.30 bits per heavy atom. The molecule has 0 aromatic rings. The third-order valence-electron chi connectivity index (χ3n) is 3.35. The number of nitrogens with two attached hydrogens (primary N) is 1. The summed E-state index contributed by atoms with van der Waals surface area (Å²) in [4.78, 5) is 33.3. The van der Waals surface area contributed by atoms with Crippen molar-refractivity contribution < 1.29 is 19.5 Å². The van der Waals surface area contributed by atoms with Crippen molar-refractivity contribution in [2.45, 2.75) is 49.4 Å². The Bertz CT molecular complexity index is 370. The van der Waals surface area contributed by atoms with E-state index in [-0.39, 0.29) is 6.04 Å². The standard InChI is InChI=1S/C12H21N3O4S/c1-20-8-4-2-7(3-5-8)14-12(19)15-9(11(17)18)6-10(13)16/h7-9H,2-6H2,1H3,(H2,13,16)(H,17,18)(H2,14,15,19). The van der Waals surface area contributed by atoms with Crippen LogP contribution in [0.1, 0.15) is 32.1 Å². The third kappa shape index (κ3) is 5.68. The van der Waals surface area contributed by atoms with Gasteiger partial charge in [0.1, 0.15) is 6.04 Å². The van der Waals surface area contributed by atoms with Gasteiger partial charge in [-0.3, -0.25) is 4.79 Å². The fourth-order valence-corrected chi connectivity index (χ4v) is 2.97. The molecule has 1 fully saturated rings. The zero-order valence-electron chi connectivity index (χ0n) is 11.4. The van der Waals surface area contributed by atoms with E-state index >= 15 is 0 Å². The molecule has 1 atom stereocenters. The molecule has 1 rings (SSSR count). The number of carboxylic acid groups (broad SMARTS) is 1. The number of carbonyl (C=O) groups excluding carboxylic acids is 2. The normalized spacial score (nSPS) is 23.6. The molecular weight excluding hydrogens is 282 g/mol. The summed E-state index contributed by atoms with van der Waals surface area (Å²) in [6.45, 7) is 0. The second-order valence-corrected chi connectivity index (χ2v) is 6.03. The highest BCUT2D eigenvalue weighted by Gasteiger charge is 2.25. The first kappa shape index (κ1) is 16.6. The number of rotatable bonds is 6. The minimum absolute atomic E-state index is 0.0569. The topological polar surface area (TPSA) is 122 Å². The maximum Gasteiger partial charge on any atom is 0.326 e. The van der Waals surface area contributed by atoms with Crippen LogP contribution in [0.3, 0.4) is 0 Å². The van der Waals surface area contributed by atoms with Crippen molar-refractivity contribution in [1.82, 2.24) is 10.6 Å². The van der Waals surface area contributed by atoms with Crippen molar-refractivity contribution in [2.24, 2.45) is 5.73 Å². The predicted molar refractivity (Wildman–Crippen MR) is 76.5 cm³/mol. The minimum Gasteiger partial charge on any atom is -0.480 e. The smallest absolute Gasteiger partial charge is 0.326 e. The third-order valence-corrected chi connectivity index (χ3v) is 4.49. The number of aliphatic carboxylic acids is 1. The molecule has 0 spiro atoms. The van der Waals surface area contributed by atoms with Crippen LogP contribution in [-0.2, 0) is 9.59 Å². The van der Waals surface area contributed by atoms with Crippen molar-refractivity contribution in [3.8, 4) is 0 Å². The molecule has 0 heterocycles. The van der Waals surface area contributed by atoms with E-state index in [0.717, 1.165) is 25.7 Å². The molecule has 5 N–H and O–H groups in total. The summed E-state index contributed by atoms with van der Waals surface area (Å²) in [6, 6.07) is -1.79. The molecule has 1 aliphatic rings. The largest absolute Gasteiger partial charge is 0.480 e. The minimum atomic E-state index is -1.28. The molecule has 1 saturated carbocycles. The Kier molecular flexibility index (Phi) is 6.63. The molecule has 0 bridgehead atoms. The summed E-state index contributed by atoms with van der Waals surface area (Å²) in [6.07, 6.45) is 5.50. The predicted octanol–water partition coefficient (Wildman–Crippen LogP) is 0.288. The second kappa shape index (κ2) is 7.98. The lowest BCUT2D eigenvalue weighted by molar-refractivity contribution is -0.140. The van der Waals surface area contributed by atoms with E-state index < -0.39 is 30.4 Å². The molecule has 20 heavy (non-hydrogen) atoms. The summed E-state index contributed by atoms with van der Waals surface area (Å²) in [7, 11) is 0. The molecule has 114 valence electrons. The molecule has 0 aromatic carbocycles. The van der Waals surface area contributed by atoms with E-state index in [1.54, 1.807) is 0 Å². The van der Waals surface area contributed by atoms with Gasteiger partial charge in [-0.1, -0.05) is 0 Å². The first-order valence-electron chi connectivity index (χ1n) is 6.53. The van der Waals surface area contributed by atoms with Crippen LogP contribution in [0.2, 0.25) is 0 Å². The van der Waals surface area contributed by atoms with Crippen LogP contribution in [-0.4, -0.2) is 46.6 Å². The van der Waals surface area contributed by atoms with E-state index in [0.29, 0.717) is 5.25 Å². The molecule has 3 amide bonds. The molecular formula is C12H21N3O4S. The van der Waals surface area contributed by atoms with Gasteiger partial charge in [-0.15, -0.1) is 0 Å². The number of thioether (sulfide) groups is 1. The number of primary amides is 1. The number of carbonyl (C=O) groups is 3. The average Bonchev–Trinajstić information content (AvgIpc) is 2.38. The van der Waals surface area contributed by atoms with Gasteiger partial charge < -0.3 is 21.5 Å². The Hall–Kier alpha value is -1.44. The van der Waals surface area contributed by atoms with Crippen LogP contribution in [0.5, 0.6) is 0 Å². The molecule has 1 aliphatic carbocycles. The Morgan fingerprint density at radius 3 is 2.35 bits per heavy atom. The van der Waals surface area contributed by atoms with Gasteiger partial charge in [0, 0.05) is 11.3 Å². The number of carboxylic acids is 1. The maximum absolute atomic E-state index is 11.7. The highest BCUT2D eigenvalue weighted by atomic mass is 32.2. The van der Waals surface area contributed by atoms with Gasteiger partial charge in [0.25, 0.3) is 0 Å².